The number of furan rings is 1. The number of amides is 1. The molecule has 0 saturated heterocycles. The molecule has 4 nitrogen and oxygen atoms in total. The van der Waals surface area contributed by atoms with Crippen LogP contribution in [0.15, 0.2) is 51.9 Å². The lowest BCUT2D eigenvalue weighted by Crippen LogP contribution is -2.13. The van der Waals surface area contributed by atoms with Crippen LogP contribution in [0.1, 0.15) is 21.7 Å². The first-order chi connectivity index (χ1) is 13.1. The third-order valence-corrected chi connectivity index (χ3v) is 6.51. The van der Waals surface area contributed by atoms with Crippen molar-refractivity contribution in [2.24, 2.45) is 4.99 Å². The van der Waals surface area contributed by atoms with Gasteiger partial charge < -0.3 is 9.73 Å². The number of benzene rings is 2. The van der Waals surface area contributed by atoms with Crippen LogP contribution in [0.3, 0.4) is 0 Å². The van der Waals surface area contributed by atoms with Gasteiger partial charge in [0.15, 0.2) is 5.76 Å². The van der Waals surface area contributed by atoms with E-state index >= 15 is 0 Å². The molecule has 0 fully saturated rings. The van der Waals surface area contributed by atoms with Crippen LogP contribution in [0.4, 0.5) is 10.1 Å². The number of para-hydroxylation sites is 1. The summed E-state index contributed by atoms with van der Waals surface area (Å²) in [4.78, 5) is 17.3. The van der Waals surface area contributed by atoms with E-state index in [1.54, 1.807) is 42.6 Å². The first kappa shape index (κ1) is 18.1. The second-order valence-corrected chi connectivity index (χ2v) is 8.41. The molecule has 3 aromatic rings. The van der Waals surface area contributed by atoms with Gasteiger partial charge in [0.2, 0.25) is 0 Å². The largest absolute Gasteiger partial charge is 0.451 e. The number of carbonyl (C=O) groups excluding carboxylic acids is 1. The Morgan fingerprint density at radius 1 is 1.33 bits per heavy atom. The number of aryl methyl sites for hydroxylation is 1. The summed E-state index contributed by atoms with van der Waals surface area (Å²) in [7, 11) is 0. The van der Waals surface area contributed by atoms with Crippen molar-refractivity contribution in [1.29, 1.82) is 0 Å². The topological polar surface area (TPSA) is 54.6 Å². The Balaban J connectivity index is 1.63. The molecular weight excluding hydrogens is 383 g/mol. The van der Waals surface area contributed by atoms with Crippen molar-refractivity contribution in [1.82, 2.24) is 0 Å². The minimum Gasteiger partial charge on any atom is -0.451 e. The number of anilines is 1. The first-order valence-corrected chi connectivity index (χ1v) is 10.5. The molecule has 0 saturated carbocycles. The van der Waals surface area contributed by atoms with Crippen LogP contribution < -0.4 is 5.32 Å². The minimum absolute atomic E-state index is 0.258. The monoisotopic (exact) mass is 400 g/mol. The fourth-order valence-corrected chi connectivity index (χ4v) is 4.86. The molecular formula is C20H17FN2O2S2. The van der Waals surface area contributed by atoms with Crippen molar-refractivity contribution in [3.63, 3.8) is 0 Å². The molecule has 0 atom stereocenters. The zero-order valence-corrected chi connectivity index (χ0v) is 16.3. The molecule has 27 heavy (non-hydrogen) atoms. The number of carbonyl (C=O) groups is 1. The summed E-state index contributed by atoms with van der Waals surface area (Å²) in [5.74, 6) is 1.11. The average molecular weight is 401 g/mol. The summed E-state index contributed by atoms with van der Waals surface area (Å²) in [6.07, 6.45) is 0. The van der Waals surface area contributed by atoms with Gasteiger partial charge in [0, 0.05) is 28.1 Å². The maximum atomic E-state index is 13.8. The highest BCUT2D eigenvalue weighted by molar-refractivity contribution is 8.38. The van der Waals surface area contributed by atoms with Gasteiger partial charge in [-0.1, -0.05) is 47.8 Å². The van der Waals surface area contributed by atoms with Crippen molar-refractivity contribution < 1.29 is 13.6 Å². The van der Waals surface area contributed by atoms with Crippen LogP contribution in [0.2, 0.25) is 0 Å². The van der Waals surface area contributed by atoms with E-state index in [1.807, 2.05) is 24.3 Å². The molecule has 1 aromatic heterocycles. The van der Waals surface area contributed by atoms with Crippen molar-refractivity contribution in [2.45, 2.75) is 12.7 Å². The van der Waals surface area contributed by atoms with E-state index in [4.69, 9.17) is 4.42 Å². The zero-order valence-electron chi connectivity index (χ0n) is 14.6. The second kappa shape index (κ2) is 7.78. The Morgan fingerprint density at radius 3 is 2.96 bits per heavy atom. The quantitative estimate of drug-likeness (QED) is 0.631. The Hall–Kier alpha value is -2.25. The Labute approximate surface area is 164 Å². The maximum Gasteiger partial charge on any atom is 0.291 e. The lowest BCUT2D eigenvalue weighted by Gasteiger charge is -2.07. The molecule has 1 amide bonds. The molecule has 0 radical (unpaired) electrons. The van der Waals surface area contributed by atoms with Crippen molar-refractivity contribution in [2.75, 3.05) is 17.6 Å². The molecule has 1 aliphatic heterocycles. The van der Waals surface area contributed by atoms with Gasteiger partial charge in [-0.2, -0.15) is 0 Å². The molecule has 0 bridgehead atoms. The number of halogens is 1. The van der Waals surface area contributed by atoms with Gasteiger partial charge in [-0.05, 0) is 30.7 Å². The van der Waals surface area contributed by atoms with E-state index in [-0.39, 0.29) is 17.5 Å². The molecule has 2 aromatic carbocycles. The van der Waals surface area contributed by atoms with E-state index in [0.29, 0.717) is 22.6 Å². The summed E-state index contributed by atoms with van der Waals surface area (Å²) in [5.41, 5.74) is 2.42. The van der Waals surface area contributed by atoms with Crippen LogP contribution >= 0.6 is 23.5 Å². The number of fused-ring (bicyclic) bond motifs is 1. The van der Waals surface area contributed by atoms with E-state index in [2.05, 4.69) is 10.3 Å². The van der Waals surface area contributed by atoms with Crippen molar-refractivity contribution in [3.8, 4) is 0 Å². The predicted octanol–water partition coefficient (Wildman–Crippen LogP) is 5.47. The zero-order chi connectivity index (χ0) is 18.8. The molecule has 0 unspecified atom stereocenters. The average Bonchev–Trinajstić information content (AvgIpc) is 3.30. The van der Waals surface area contributed by atoms with Gasteiger partial charge in [0.05, 0.1) is 6.54 Å². The van der Waals surface area contributed by atoms with Crippen LogP contribution in [-0.4, -0.2) is 22.6 Å². The lowest BCUT2D eigenvalue weighted by atomic mass is 10.1. The normalized spacial score (nSPS) is 13.8. The Morgan fingerprint density at radius 2 is 2.19 bits per heavy atom. The molecule has 0 aliphatic carbocycles. The number of thioether (sulfide) groups is 2. The third kappa shape index (κ3) is 3.89. The van der Waals surface area contributed by atoms with E-state index < -0.39 is 0 Å². The number of hydrogen-bond acceptors (Lipinski definition) is 5. The highest BCUT2D eigenvalue weighted by Crippen LogP contribution is 2.33. The van der Waals surface area contributed by atoms with E-state index in [0.717, 1.165) is 27.6 Å². The fraction of sp³-hybridized carbons (Fsp3) is 0.200. The number of aliphatic imine (C=N–C) groups is 1. The fourth-order valence-electron chi connectivity index (χ4n) is 2.82. The molecule has 1 N–H and O–H groups in total. The van der Waals surface area contributed by atoms with Crippen LogP contribution in [0, 0.1) is 12.7 Å². The first-order valence-electron chi connectivity index (χ1n) is 8.50. The molecule has 1 aliphatic rings. The van der Waals surface area contributed by atoms with E-state index in [9.17, 15) is 9.18 Å². The van der Waals surface area contributed by atoms with Crippen molar-refractivity contribution in [3.05, 3.63) is 65.2 Å². The van der Waals surface area contributed by atoms with Gasteiger partial charge in [-0.15, -0.1) is 0 Å². The summed E-state index contributed by atoms with van der Waals surface area (Å²) in [5, 5.41) is 3.65. The van der Waals surface area contributed by atoms with Crippen LogP contribution in [0.25, 0.3) is 11.0 Å². The van der Waals surface area contributed by atoms with Crippen LogP contribution in [0.5, 0.6) is 0 Å². The second-order valence-electron chi connectivity index (χ2n) is 6.11. The SMILES string of the molecule is Cc1ccc(NC(=O)c2oc3ccccc3c2CSC2=NCCS2)cc1F. The maximum absolute atomic E-state index is 13.8. The third-order valence-electron chi connectivity index (χ3n) is 4.23. The highest BCUT2D eigenvalue weighted by Gasteiger charge is 2.22. The summed E-state index contributed by atoms with van der Waals surface area (Å²) in [6, 6.07) is 12.2. The van der Waals surface area contributed by atoms with E-state index in [1.165, 1.54) is 6.07 Å². The van der Waals surface area contributed by atoms with Gasteiger partial charge in [0.1, 0.15) is 15.8 Å². The molecule has 4 rings (SSSR count). The number of rotatable bonds is 4. The number of hydrogen-bond donors (Lipinski definition) is 1. The van der Waals surface area contributed by atoms with Crippen molar-refractivity contribution >= 4 is 50.5 Å². The highest BCUT2D eigenvalue weighted by atomic mass is 32.2. The number of nitrogens with zero attached hydrogens (tertiary/aromatic N) is 1. The Kier molecular flexibility index (Phi) is 5.22. The minimum atomic E-state index is -0.383. The van der Waals surface area contributed by atoms with Gasteiger partial charge in [0.25, 0.3) is 5.91 Å². The molecule has 0 spiro atoms. The smallest absolute Gasteiger partial charge is 0.291 e. The summed E-state index contributed by atoms with van der Waals surface area (Å²) < 4.78 is 20.6. The predicted molar refractivity (Wildman–Crippen MR) is 111 cm³/mol. The van der Waals surface area contributed by atoms with Gasteiger partial charge in [-0.3, -0.25) is 9.79 Å². The Bertz CT molecular complexity index is 1050. The molecule has 138 valence electrons. The van der Waals surface area contributed by atoms with Gasteiger partial charge in [-0.25, -0.2) is 4.39 Å². The molecule has 2 heterocycles. The standard InChI is InChI=1S/C20H17FN2O2S2/c1-12-6-7-13(10-16(12)21)23-19(24)18-15(11-27-20-22-8-9-26-20)14-4-2-3-5-17(14)25-18/h2-7,10H,8-9,11H2,1H3,(H,23,24). The summed E-state index contributed by atoms with van der Waals surface area (Å²) >= 11 is 3.34. The van der Waals surface area contributed by atoms with Gasteiger partial charge >= 0.3 is 0 Å². The summed E-state index contributed by atoms with van der Waals surface area (Å²) in [6.45, 7) is 2.52. The number of nitrogens with one attached hydrogen (secondary N) is 1. The molecule has 7 heteroatoms. The van der Waals surface area contributed by atoms with Crippen LogP contribution in [-0.2, 0) is 5.75 Å². The lowest BCUT2D eigenvalue weighted by molar-refractivity contribution is 0.0998.